The maximum Gasteiger partial charge on any atom is 0.304 e. The van der Waals surface area contributed by atoms with Crippen molar-refractivity contribution in [1.29, 1.82) is 0 Å². The lowest BCUT2D eigenvalue weighted by atomic mass is 9.93. The summed E-state index contributed by atoms with van der Waals surface area (Å²) in [5.74, 6) is -0.156. The molecule has 3 heteroatoms. The van der Waals surface area contributed by atoms with Gasteiger partial charge in [-0.05, 0) is 37.3 Å². The molecule has 1 aromatic carbocycles. The number of aliphatic carboxylic acids is 1. The number of carbonyl (C=O) groups is 1. The van der Waals surface area contributed by atoms with Crippen molar-refractivity contribution >= 4 is 5.97 Å². The molecular formula is C15H21NO2. The summed E-state index contributed by atoms with van der Waals surface area (Å²) in [4.78, 5) is 12.9. The minimum absolute atomic E-state index is 0.241. The van der Waals surface area contributed by atoms with Crippen LogP contribution in [0.25, 0.3) is 0 Å². The predicted molar refractivity (Wildman–Crippen MR) is 71.8 cm³/mol. The lowest BCUT2D eigenvalue weighted by molar-refractivity contribution is -0.137. The van der Waals surface area contributed by atoms with Crippen LogP contribution >= 0.6 is 0 Å². The molecule has 1 aromatic rings. The first-order valence-electron chi connectivity index (χ1n) is 6.59. The molecule has 1 heterocycles. The molecule has 3 nitrogen and oxygen atoms in total. The molecule has 0 bridgehead atoms. The number of nitrogens with zero attached hydrogens (tertiary/aromatic N) is 1. The van der Waals surface area contributed by atoms with Gasteiger partial charge in [0.15, 0.2) is 0 Å². The summed E-state index contributed by atoms with van der Waals surface area (Å²) in [5.41, 5.74) is 2.76. The van der Waals surface area contributed by atoms with Gasteiger partial charge in [0.05, 0.1) is 6.42 Å². The van der Waals surface area contributed by atoms with Gasteiger partial charge in [-0.15, -0.1) is 0 Å². The number of benzene rings is 1. The molecular weight excluding hydrogens is 226 g/mol. The highest BCUT2D eigenvalue weighted by Crippen LogP contribution is 2.33. The molecule has 98 valence electrons. The molecule has 0 amide bonds. The summed E-state index contributed by atoms with van der Waals surface area (Å²) >= 11 is 0. The van der Waals surface area contributed by atoms with Gasteiger partial charge in [0.25, 0.3) is 0 Å². The molecule has 1 aliphatic rings. The second-order valence-electron chi connectivity index (χ2n) is 5.28. The van der Waals surface area contributed by atoms with Gasteiger partial charge in [-0.1, -0.05) is 24.3 Å². The van der Waals surface area contributed by atoms with Crippen LogP contribution in [0.3, 0.4) is 0 Å². The summed E-state index contributed by atoms with van der Waals surface area (Å²) in [5, 5.41) is 8.76. The topological polar surface area (TPSA) is 40.5 Å². The van der Waals surface area contributed by atoms with Gasteiger partial charge in [-0.25, -0.2) is 0 Å². The number of carboxylic acid groups (broad SMARTS) is 1. The van der Waals surface area contributed by atoms with E-state index >= 15 is 0 Å². The third kappa shape index (κ3) is 2.91. The van der Waals surface area contributed by atoms with Gasteiger partial charge in [-0.3, -0.25) is 9.69 Å². The van der Waals surface area contributed by atoms with Gasteiger partial charge < -0.3 is 5.11 Å². The molecule has 1 aliphatic heterocycles. The molecule has 0 spiro atoms. The zero-order chi connectivity index (χ0) is 13.1. The van der Waals surface area contributed by atoms with Crippen LogP contribution in [-0.2, 0) is 4.79 Å². The Hall–Kier alpha value is -1.35. The minimum atomic E-state index is -0.707. The first kappa shape index (κ1) is 13.1. The number of carboxylic acids is 1. The van der Waals surface area contributed by atoms with E-state index in [9.17, 15) is 4.79 Å². The molecule has 1 N–H and O–H groups in total. The van der Waals surface area contributed by atoms with Gasteiger partial charge in [0, 0.05) is 19.1 Å². The van der Waals surface area contributed by atoms with E-state index in [2.05, 4.69) is 43.0 Å². The average molecular weight is 247 g/mol. The highest BCUT2D eigenvalue weighted by Gasteiger charge is 2.30. The minimum Gasteiger partial charge on any atom is -0.481 e. The Kier molecular flexibility index (Phi) is 4.02. The Morgan fingerprint density at radius 1 is 1.44 bits per heavy atom. The van der Waals surface area contributed by atoms with Crippen molar-refractivity contribution in [2.24, 2.45) is 0 Å². The Morgan fingerprint density at radius 2 is 2.17 bits per heavy atom. The smallest absolute Gasteiger partial charge is 0.304 e. The molecule has 0 aromatic heterocycles. The van der Waals surface area contributed by atoms with Crippen LogP contribution in [0.4, 0.5) is 0 Å². The lowest BCUT2D eigenvalue weighted by Crippen LogP contribution is -2.29. The average Bonchev–Trinajstić information content (AvgIpc) is 2.68. The van der Waals surface area contributed by atoms with Crippen molar-refractivity contribution in [2.45, 2.75) is 38.6 Å². The maximum atomic E-state index is 10.6. The standard InChI is InChI=1S/C15H21NO2/c1-11-5-3-4-6-14(11)13-9-12(2)16(10-13)8-7-15(17)18/h3-6,12-13H,7-10H2,1-2H3,(H,17,18)/t12-,13+/m1/s1. The molecule has 2 atom stereocenters. The second-order valence-corrected chi connectivity index (χ2v) is 5.28. The van der Waals surface area contributed by atoms with Crippen molar-refractivity contribution < 1.29 is 9.90 Å². The van der Waals surface area contributed by atoms with Gasteiger partial charge >= 0.3 is 5.97 Å². The lowest BCUT2D eigenvalue weighted by Gasteiger charge is -2.19. The fraction of sp³-hybridized carbons (Fsp3) is 0.533. The molecule has 1 saturated heterocycles. The first-order chi connectivity index (χ1) is 8.58. The normalized spacial score (nSPS) is 24.3. The zero-order valence-corrected chi connectivity index (χ0v) is 11.1. The third-order valence-corrected chi connectivity index (χ3v) is 3.95. The zero-order valence-electron chi connectivity index (χ0n) is 11.1. The molecule has 1 fully saturated rings. The number of rotatable bonds is 4. The van der Waals surface area contributed by atoms with Crippen LogP contribution in [0.2, 0.25) is 0 Å². The van der Waals surface area contributed by atoms with Crippen molar-refractivity contribution in [2.75, 3.05) is 13.1 Å². The Bertz CT molecular complexity index is 430. The first-order valence-corrected chi connectivity index (χ1v) is 6.59. The van der Waals surface area contributed by atoms with Crippen LogP contribution in [0.1, 0.15) is 36.8 Å². The van der Waals surface area contributed by atoms with Crippen LogP contribution < -0.4 is 0 Å². The van der Waals surface area contributed by atoms with Gasteiger partial charge in [0.2, 0.25) is 0 Å². The largest absolute Gasteiger partial charge is 0.481 e. The highest BCUT2D eigenvalue weighted by molar-refractivity contribution is 5.66. The van der Waals surface area contributed by atoms with E-state index in [1.165, 1.54) is 11.1 Å². The van der Waals surface area contributed by atoms with Crippen LogP contribution in [-0.4, -0.2) is 35.1 Å². The Morgan fingerprint density at radius 3 is 2.83 bits per heavy atom. The molecule has 0 saturated carbocycles. The number of aryl methyl sites for hydroxylation is 1. The van der Waals surface area contributed by atoms with Gasteiger partial charge in [0.1, 0.15) is 0 Å². The summed E-state index contributed by atoms with van der Waals surface area (Å²) in [6.45, 7) is 6.00. The second kappa shape index (κ2) is 5.53. The van der Waals surface area contributed by atoms with E-state index in [-0.39, 0.29) is 6.42 Å². The summed E-state index contributed by atoms with van der Waals surface area (Å²) in [7, 11) is 0. The maximum absolute atomic E-state index is 10.6. The van der Waals surface area contributed by atoms with Crippen LogP contribution in [0.5, 0.6) is 0 Å². The number of hydrogen-bond acceptors (Lipinski definition) is 2. The fourth-order valence-corrected chi connectivity index (χ4v) is 2.92. The quantitative estimate of drug-likeness (QED) is 0.889. The van der Waals surface area contributed by atoms with Crippen molar-refractivity contribution in [3.8, 4) is 0 Å². The van der Waals surface area contributed by atoms with Gasteiger partial charge in [-0.2, -0.15) is 0 Å². The fourth-order valence-electron chi connectivity index (χ4n) is 2.92. The Labute approximate surface area is 108 Å². The van der Waals surface area contributed by atoms with E-state index in [1.807, 2.05) is 0 Å². The molecule has 2 rings (SSSR count). The van der Waals surface area contributed by atoms with E-state index in [0.717, 1.165) is 13.0 Å². The molecule has 0 aliphatic carbocycles. The monoisotopic (exact) mass is 247 g/mol. The molecule has 0 radical (unpaired) electrons. The SMILES string of the molecule is Cc1ccccc1[C@H]1C[C@@H](C)N(CCC(=O)O)C1. The summed E-state index contributed by atoms with van der Waals surface area (Å²) < 4.78 is 0. The molecule has 18 heavy (non-hydrogen) atoms. The van der Waals surface area contributed by atoms with Crippen molar-refractivity contribution in [3.05, 3.63) is 35.4 Å². The van der Waals surface area contributed by atoms with Crippen molar-refractivity contribution in [1.82, 2.24) is 4.90 Å². The summed E-state index contributed by atoms with van der Waals surface area (Å²) in [6, 6.07) is 8.99. The van der Waals surface area contributed by atoms with Crippen molar-refractivity contribution in [3.63, 3.8) is 0 Å². The number of hydrogen-bond donors (Lipinski definition) is 1. The molecule has 0 unspecified atom stereocenters. The highest BCUT2D eigenvalue weighted by atomic mass is 16.4. The summed E-state index contributed by atoms with van der Waals surface area (Å²) in [6.07, 6.45) is 1.37. The van der Waals surface area contributed by atoms with E-state index in [4.69, 9.17) is 5.11 Å². The van der Waals surface area contributed by atoms with E-state index < -0.39 is 5.97 Å². The van der Waals surface area contributed by atoms with E-state index in [1.54, 1.807) is 0 Å². The third-order valence-electron chi connectivity index (χ3n) is 3.95. The Balaban J connectivity index is 2.02. The number of likely N-dealkylation sites (tertiary alicyclic amines) is 1. The van der Waals surface area contributed by atoms with Crippen LogP contribution in [0.15, 0.2) is 24.3 Å². The van der Waals surface area contributed by atoms with E-state index in [0.29, 0.717) is 18.5 Å². The predicted octanol–water partition coefficient (Wildman–Crippen LogP) is 2.65. The van der Waals surface area contributed by atoms with Crippen LogP contribution in [0, 0.1) is 6.92 Å².